The molecule has 1 heterocycles. The number of hydrogen-bond donors (Lipinski definition) is 3. The van der Waals surface area contributed by atoms with Gasteiger partial charge in [0.2, 0.25) is 5.91 Å². The SMILES string of the molecule is CC.CC.CC(=O)Nc1cc(/C(C=N)=C/N)ccn1. The summed E-state index contributed by atoms with van der Waals surface area (Å²) in [5.41, 5.74) is 6.66. The average molecular weight is 264 g/mol. The van der Waals surface area contributed by atoms with E-state index in [4.69, 9.17) is 11.1 Å². The Morgan fingerprint density at radius 2 is 1.95 bits per heavy atom. The molecule has 0 aromatic carbocycles. The van der Waals surface area contributed by atoms with Crippen molar-refractivity contribution in [3.63, 3.8) is 0 Å². The normalized spacial score (nSPS) is 9.21. The van der Waals surface area contributed by atoms with E-state index in [1.165, 1.54) is 13.1 Å². The summed E-state index contributed by atoms with van der Waals surface area (Å²) in [6, 6.07) is 3.38. The number of aromatic nitrogens is 1. The molecule has 0 fully saturated rings. The monoisotopic (exact) mass is 264 g/mol. The molecule has 0 aliphatic heterocycles. The Bertz CT molecular complexity index is 414. The molecular formula is C14H24N4O. The number of rotatable bonds is 3. The van der Waals surface area contributed by atoms with Crippen molar-refractivity contribution in [2.75, 3.05) is 5.32 Å². The van der Waals surface area contributed by atoms with Crippen LogP contribution in [0.5, 0.6) is 0 Å². The lowest BCUT2D eigenvalue weighted by Gasteiger charge is -2.04. The number of nitrogens with one attached hydrogen (secondary N) is 2. The lowest BCUT2D eigenvalue weighted by molar-refractivity contribution is -0.114. The van der Waals surface area contributed by atoms with Gasteiger partial charge in [-0.05, 0) is 17.7 Å². The highest BCUT2D eigenvalue weighted by atomic mass is 16.1. The van der Waals surface area contributed by atoms with Crippen LogP contribution in [0.4, 0.5) is 5.82 Å². The van der Waals surface area contributed by atoms with Gasteiger partial charge >= 0.3 is 0 Å². The molecule has 0 saturated carbocycles. The van der Waals surface area contributed by atoms with Crippen molar-refractivity contribution >= 4 is 23.5 Å². The van der Waals surface area contributed by atoms with Crippen molar-refractivity contribution < 1.29 is 4.79 Å². The van der Waals surface area contributed by atoms with Crippen LogP contribution in [0.15, 0.2) is 24.5 Å². The van der Waals surface area contributed by atoms with Gasteiger partial charge in [0.05, 0.1) is 0 Å². The molecular weight excluding hydrogens is 240 g/mol. The Kier molecular flexibility index (Phi) is 12.4. The number of anilines is 1. The van der Waals surface area contributed by atoms with Crippen molar-refractivity contribution in [1.29, 1.82) is 5.41 Å². The molecule has 0 aliphatic carbocycles. The molecule has 0 radical (unpaired) electrons. The van der Waals surface area contributed by atoms with Crippen molar-refractivity contribution in [2.45, 2.75) is 34.6 Å². The summed E-state index contributed by atoms with van der Waals surface area (Å²) in [4.78, 5) is 14.8. The molecule has 4 N–H and O–H groups in total. The second-order valence-corrected chi connectivity index (χ2v) is 2.88. The second kappa shape index (κ2) is 12.3. The first-order valence-electron chi connectivity index (χ1n) is 6.33. The average Bonchev–Trinajstić information content (AvgIpc) is 2.44. The maximum Gasteiger partial charge on any atom is 0.222 e. The van der Waals surface area contributed by atoms with Crippen molar-refractivity contribution in [3.05, 3.63) is 30.1 Å². The van der Waals surface area contributed by atoms with Crippen LogP contribution in [0.2, 0.25) is 0 Å². The van der Waals surface area contributed by atoms with Crippen molar-refractivity contribution in [2.24, 2.45) is 5.73 Å². The van der Waals surface area contributed by atoms with E-state index in [9.17, 15) is 4.79 Å². The Morgan fingerprint density at radius 3 is 2.37 bits per heavy atom. The second-order valence-electron chi connectivity index (χ2n) is 2.88. The van der Waals surface area contributed by atoms with Crippen LogP contribution < -0.4 is 11.1 Å². The van der Waals surface area contributed by atoms with Gasteiger partial charge < -0.3 is 16.5 Å². The quantitative estimate of drug-likeness (QED) is 0.733. The van der Waals surface area contributed by atoms with Crippen LogP contribution >= 0.6 is 0 Å². The lowest BCUT2D eigenvalue weighted by atomic mass is 10.1. The Labute approximate surface area is 115 Å². The summed E-state index contributed by atoms with van der Waals surface area (Å²) in [5.74, 6) is 0.258. The van der Waals surface area contributed by atoms with E-state index in [-0.39, 0.29) is 5.91 Å². The maximum atomic E-state index is 10.8. The Hall–Kier alpha value is -2.17. The highest BCUT2D eigenvalue weighted by Gasteiger charge is 2.01. The third kappa shape index (κ3) is 7.70. The standard InChI is InChI=1S/C10H12N4O.2C2H6/c1-7(15)14-10-4-8(2-3-13-10)9(5-11)6-12;2*1-2/h2-6,11H,12H2,1H3,(H,13,14,15);2*1-2H3/b9-6+,11-5?;;. The van der Waals surface area contributed by atoms with Crippen LogP contribution in [0.3, 0.4) is 0 Å². The fraction of sp³-hybridized carbons (Fsp3) is 0.357. The van der Waals surface area contributed by atoms with Crippen LogP contribution in [-0.2, 0) is 4.79 Å². The third-order valence-corrected chi connectivity index (χ3v) is 1.73. The molecule has 1 amide bonds. The summed E-state index contributed by atoms with van der Waals surface area (Å²) in [7, 11) is 0. The van der Waals surface area contributed by atoms with E-state index in [2.05, 4.69) is 10.3 Å². The van der Waals surface area contributed by atoms with Gasteiger partial charge in [-0.25, -0.2) is 4.98 Å². The van der Waals surface area contributed by atoms with Gasteiger partial charge in [-0.2, -0.15) is 0 Å². The van der Waals surface area contributed by atoms with Crippen LogP contribution in [0.25, 0.3) is 5.57 Å². The molecule has 1 aromatic heterocycles. The fourth-order valence-electron chi connectivity index (χ4n) is 1.09. The Morgan fingerprint density at radius 1 is 1.37 bits per heavy atom. The number of carbonyl (C=O) groups is 1. The number of allylic oxidation sites excluding steroid dienone is 1. The summed E-state index contributed by atoms with van der Waals surface area (Å²) < 4.78 is 0. The van der Waals surface area contributed by atoms with E-state index in [1.807, 2.05) is 27.7 Å². The zero-order valence-corrected chi connectivity index (χ0v) is 12.3. The topological polar surface area (TPSA) is 91.9 Å². The number of amides is 1. The minimum Gasteiger partial charge on any atom is -0.404 e. The minimum absolute atomic E-state index is 0.187. The molecule has 5 heteroatoms. The van der Waals surface area contributed by atoms with Crippen LogP contribution in [0.1, 0.15) is 40.2 Å². The minimum atomic E-state index is -0.187. The van der Waals surface area contributed by atoms with E-state index < -0.39 is 0 Å². The molecule has 0 aliphatic rings. The van der Waals surface area contributed by atoms with Gasteiger partial charge in [0.15, 0.2) is 0 Å². The largest absolute Gasteiger partial charge is 0.404 e. The summed E-state index contributed by atoms with van der Waals surface area (Å²) in [6.07, 6.45) is 4.03. The fourth-order valence-corrected chi connectivity index (χ4v) is 1.09. The first-order chi connectivity index (χ1) is 9.17. The maximum absolute atomic E-state index is 10.8. The molecule has 1 aromatic rings. The number of nitrogens with zero attached hydrogens (tertiary/aromatic N) is 1. The van der Waals surface area contributed by atoms with Crippen molar-refractivity contribution in [3.8, 4) is 0 Å². The van der Waals surface area contributed by atoms with Gasteiger partial charge in [-0.3, -0.25) is 4.79 Å². The Balaban J connectivity index is 0. The molecule has 0 unspecified atom stereocenters. The van der Waals surface area contributed by atoms with Gasteiger partial charge in [-0.15, -0.1) is 0 Å². The predicted molar refractivity (Wildman–Crippen MR) is 82.2 cm³/mol. The van der Waals surface area contributed by atoms with Gasteiger partial charge in [0, 0.05) is 31.1 Å². The molecule has 19 heavy (non-hydrogen) atoms. The molecule has 0 atom stereocenters. The highest BCUT2D eigenvalue weighted by molar-refractivity contribution is 6.08. The molecule has 0 saturated heterocycles. The third-order valence-electron chi connectivity index (χ3n) is 1.73. The lowest BCUT2D eigenvalue weighted by Crippen LogP contribution is -2.07. The zero-order chi connectivity index (χ0) is 15.3. The molecule has 106 valence electrons. The van der Waals surface area contributed by atoms with Crippen molar-refractivity contribution in [1.82, 2.24) is 4.98 Å². The summed E-state index contributed by atoms with van der Waals surface area (Å²) >= 11 is 0. The van der Waals surface area contributed by atoms with E-state index >= 15 is 0 Å². The molecule has 0 spiro atoms. The summed E-state index contributed by atoms with van der Waals surface area (Å²) in [6.45, 7) is 9.41. The first kappa shape index (κ1) is 19.2. The summed E-state index contributed by atoms with van der Waals surface area (Å²) in [5, 5.41) is 9.68. The van der Waals surface area contributed by atoms with E-state index in [0.717, 1.165) is 11.8 Å². The molecule has 0 bridgehead atoms. The number of nitrogens with two attached hydrogens (primary N) is 1. The van der Waals surface area contributed by atoms with Crippen LogP contribution in [-0.4, -0.2) is 17.1 Å². The smallest absolute Gasteiger partial charge is 0.222 e. The van der Waals surface area contributed by atoms with Gasteiger partial charge in [0.1, 0.15) is 5.82 Å². The number of carbonyl (C=O) groups excluding carboxylic acids is 1. The molecule has 5 nitrogen and oxygen atoms in total. The van der Waals surface area contributed by atoms with Gasteiger partial charge in [0.25, 0.3) is 0 Å². The van der Waals surface area contributed by atoms with Gasteiger partial charge in [-0.1, -0.05) is 27.7 Å². The molecule has 1 rings (SSSR count). The first-order valence-corrected chi connectivity index (χ1v) is 6.33. The predicted octanol–water partition coefficient (Wildman–Crippen LogP) is 3.04. The number of pyridine rings is 1. The highest BCUT2D eigenvalue weighted by Crippen LogP contribution is 2.14. The zero-order valence-electron chi connectivity index (χ0n) is 12.3. The van der Waals surface area contributed by atoms with E-state index in [1.54, 1.807) is 18.3 Å². The van der Waals surface area contributed by atoms with E-state index in [0.29, 0.717) is 11.4 Å². The van der Waals surface area contributed by atoms with Crippen LogP contribution in [0, 0.1) is 5.41 Å². The number of hydrogen-bond acceptors (Lipinski definition) is 4.